The van der Waals surface area contributed by atoms with Gasteiger partial charge < -0.3 is 4.74 Å². The Morgan fingerprint density at radius 3 is 1.30 bits per heavy atom. The summed E-state index contributed by atoms with van der Waals surface area (Å²) < 4.78 is 6.52. The molecule has 2 aromatic carbocycles. The number of ether oxygens (including phenoxy) is 1. The minimum atomic E-state index is -0.0186. The average molecular weight is 437 g/mol. The molecule has 168 valence electrons. The van der Waals surface area contributed by atoms with Crippen LogP contribution >= 0.6 is 0 Å². The van der Waals surface area contributed by atoms with Crippen molar-refractivity contribution in [2.75, 3.05) is 0 Å². The number of hydrogen-bond donors (Lipinski definition) is 0. The molecule has 0 aliphatic rings. The van der Waals surface area contributed by atoms with E-state index in [1.54, 1.807) is 0 Å². The Labute approximate surface area is 197 Å². The van der Waals surface area contributed by atoms with Crippen molar-refractivity contribution in [2.24, 2.45) is 0 Å². The normalized spacial score (nSPS) is 11.9. The summed E-state index contributed by atoms with van der Waals surface area (Å²) in [6, 6.07) is 24.8. The van der Waals surface area contributed by atoms with E-state index < -0.39 is 0 Å². The van der Waals surface area contributed by atoms with Crippen molar-refractivity contribution in [3.8, 4) is 34.0 Å². The lowest BCUT2D eigenvalue weighted by atomic mass is 9.85. The van der Waals surface area contributed by atoms with Gasteiger partial charge in [0.1, 0.15) is 11.5 Å². The van der Waals surface area contributed by atoms with Crippen molar-refractivity contribution >= 4 is 0 Å². The van der Waals surface area contributed by atoms with E-state index >= 15 is 0 Å². The third kappa shape index (κ3) is 5.48. The average Bonchev–Trinajstić information content (AvgIpc) is 2.79. The van der Waals surface area contributed by atoms with Crippen LogP contribution in [0.5, 0.6) is 11.5 Å². The number of pyridine rings is 2. The van der Waals surface area contributed by atoms with E-state index in [9.17, 15) is 0 Å². The molecule has 0 spiro atoms. The predicted molar refractivity (Wildman–Crippen MR) is 137 cm³/mol. The van der Waals surface area contributed by atoms with Gasteiger partial charge >= 0.3 is 0 Å². The van der Waals surface area contributed by atoms with E-state index in [0.717, 1.165) is 34.0 Å². The zero-order valence-corrected chi connectivity index (χ0v) is 20.4. The molecule has 0 aliphatic heterocycles. The van der Waals surface area contributed by atoms with E-state index in [0.29, 0.717) is 0 Å². The molecular formula is C30H32N2O. The van der Waals surface area contributed by atoms with Crippen LogP contribution in [0.4, 0.5) is 0 Å². The number of rotatable bonds is 4. The molecule has 0 fully saturated rings. The molecule has 0 saturated heterocycles. The lowest BCUT2D eigenvalue weighted by Gasteiger charge is -2.23. The van der Waals surface area contributed by atoms with E-state index in [-0.39, 0.29) is 10.8 Å². The van der Waals surface area contributed by atoms with E-state index in [1.165, 1.54) is 11.1 Å². The summed E-state index contributed by atoms with van der Waals surface area (Å²) in [5.41, 5.74) is 6.35. The van der Waals surface area contributed by atoms with Gasteiger partial charge in [-0.3, -0.25) is 9.97 Å². The highest BCUT2D eigenvalue weighted by molar-refractivity contribution is 5.65. The fourth-order valence-electron chi connectivity index (χ4n) is 3.68. The van der Waals surface area contributed by atoms with Crippen LogP contribution in [0, 0.1) is 0 Å². The van der Waals surface area contributed by atoms with Gasteiger partial charge in [0.05, 0.1) is 11.4 Å². The van der Waals surface area contributed by atoms with Gasteiger partial charge in [-0.1, -0.05) is 53.7 Å². The monoisotopic (exact) mass is 436 g/mol. The highest BCUT2D eigenvalue weighted by Crippen LogP contribution is 2.36. The summed E-state index contributed by atoms with van der Waals surface area (Å²) in [6.45, 7) is 13.3. The van der Waals surface area contributed by atoms with Crippen LogP contribution in [0.3, 0.4) is 0 Å². The summed E-state index contributed by atoms with van der Waals surface area (Å²) in [6.07, 6.45) is 3.65. The summed E-state index contributed by atoms with van der Waals surface area (Å²) in [5, 5.41) is 0. The molecule has 0 amide bonds. The highest BCUT2D eigenvalue weighted by Gasteiger charge is 2.19. The Morgan fingerprint density at radius 2 is 0.970 bits per heavy atom. The van der Waals surface area contributed by atoms with Gasteiger partial charge in [-0.25, -0.2) is 0 Å². The molecule has 0 radical (unpaired) electrons. The van der Waals surface area contributed by atoms with Gasteiger partial charge in [-0.05, 0) is 82.6 Å². The number of nitrogens with zero attached hydrogens (tertiary/aromatic N) is 2. The topological polar surface area (TPSA) is 35.0 Å². The summed E-state index contributed by atoms with van der Waals surface area (Å²) in [5.74, 6) is 1.61. The lowest BCUT2D eigenvalue weighted by Crippen LogP contribution is -2.12. The quantitative estimate of drug-likeness (QED) is 0.323. The molecule has 4 aromatic rings. The van der Waals surface area contributed by atoms with E-state index in [2.05, 4.69) is 87.9 Å². The first-order valence-electron chi connectivity index (χ1n) is 11.4. The van der Waals surface area contributed by atoms with Crippen LogP contribution in [0.1, 0.15) is 52.7 Å². The van der Waals surface area contributed by atoms with Gasteiger partial charge in [0.25, 0.3) is 0 Å². The van der Waals surface area contributed by atoms with E-state index in [1.807, 2.05) is 48.8 Å². The Hall–Kier alpha value is -3.46. The molecule has 2 heterocycles. The van der Waals surface area contributed by atoms with Crippen molar-refractivity contribution in [1.82, 2.24) is 9.97 Å². The smallest absolute Gasteiger partial charge is 0.128 e. The molecule has 4 rings (SSSR count). The third-order valence-electron chi connectivity index (χ3n) is 5.70. The second-order valence-corrected chi connectivity index (χ2v) is 10.5. The standard InChI is InChI=1S/C30H32N2O/c1-29(2,3)23-15-21(27-11-7-9-13-31-27)17-25(19-23)33-26-18-22(28-12-8-10-14-32-28)16-24(20-26)30(4,5)6/h7-20H,1-6H3. The predicted octanol–water partition coefficient (Wildman–Crippen LogP) is 8.20. The largest absolute Gasteiger partial charge is 0.457 e. The van der Waals surface area contributed by atoms with Gasteiger partial charge in [-0.15, -0.1) is 0 Å². The maximum Gasteiger partial charge on any atom is 0.128 e. The summed E-state index contributed by atoms with van der Waals surface area (Å²) >= 11 is 0. The van der Waals surface area contributed by atoms with Crippen molar-refractivity contribution < 1.29 is 4.74 Å². The SMILES string of the molecule is CC(C)(C)c1cc(Oc2cc(-c3ccccn3)cc(C(C)(C)C)c2)cc(-c2ccccn2)c1. The van der Waals surface area contributed by atoms with Crippen molar-refractivity contribution in [1.29, 1.82) is 0 Å². The van der Waals surface area contributed by atoms with Crippen LogP contribution in [0.2, 0.25) is 0 Å². The molecule has 0 N–H and O–H groups in total. The van der Waals surface area contributed by atoms with Crippen LogP contribution in [0.25, 0.3) is 22.5 Å². The minimum absolute atomic E-state index is 0.0186. The van der Waals surface area contributed by atoms with Crippen LogP contribution < -0.4 is 4.74 Å². The number of hydrogen-bond acceptors (Lipinski definition) is 3. The minimum Gasteiger partial charge on any atom is -0.457 e. The zero-order chi connectivity index (χ0) is 23.6. The van der Waals surface area contributed by atoms with Gasteiger partial charge in [0.2, 0.25) is 0 Å². The van der Waals surface area contributed by atoms with E-state index in [4.69, 9.17) is 4.74 Å². The summed E-state index contributed by atoms with van der Waals surface area (Å²) in [4.78, 5) is 9.11. The second-order valence-electron chi connectivity index (χ2n) is 10.5. The van der Waals surface area contributed by atoms with Gasteiger partial charge in [-0.2, -0.15) is 0 Å². The lowest BCUT2D eigenvalue weighted by molar-refractivity contribution is 0.475. The fourth-order valence-corrected chi connectivity index (χ4v) is 3.68. The van der Waals surface area contributed by atoms with Crippen LogP contribution in [0.15, 0.2) is 85.2 Å². The Morgan fingerprint density at radius 1 is 0.545 bits per heavy atom. The molecule has 3 nitrogen and oxygen atoms in total. The molecule has 0 saturated carbocycles. The van der Waals surface area contributed by atoms with Crippen molar-refractivity contribution in [3.05, 3.63) is 96.3 Å². The van der Waals surface area contributed by atoms with Crippen LogP contribution in [-0.4, -0.2) is 9.97 Å². The first-order chi connectivity index (χ1) is 15.6. The highest BCUT2D eigenvalue weighted by atomic mass is 16.5. The molecular weight excluding hydrogens is 404 g/mol. The number of benzene rings is 2. The first kappa shape index (κ1) is 22.7. The zero-order valence-electron chi connectivity index (χ0n) is 20.4. The molecule has 0 bridgehead atoms. The molecule has 33 heavy (non-hydrogen) atoms. The molecule has 0 atom stereocenters. The van der Waals surface area contributed by atoms with Crippen molar-refractivity contribution in [2.45, 2.75) is 52.4 Å². The Bertz CT molecular complexity index is 1140. The van der Waals surface area contributed by atoms with Crippen molar-refractivity contribution in [3.63, 3.8) is 0 Å². The summed E-state index contributed by atoms with van der Waals surface area (Å²) in [7, 11) is 0. The maximum absolute atomic E-state index is 6.52. The Kier molecular flexibility index (Phi) is 6.07. The maximum atomic E-state index is 6.52. The van der Waals surface area contributed by atoms with Gasteiger partial charge in [0, 0.05) is 23.5 Å². The molecule has 0 aliphatic carbocycles. The Balaban J connectivity index is 1.81. The molecule has 0 unspecified atom stereocenters. The second kappa shape index (κ2) is 8.82. The fraction of sp³-hybridized carbons (Fsp3) is 0.267. The first-order valence-corrected chi connectivity index (χ1v) is 11.4. The third-order valence-corrected chi connectivity index (χ3v) is 5.70. The number of aromatic nitrogens is 2. The molecule has 2 aromatic heterocycles. The molecule has 3 heteroatoms. The van der Waals surface area contributed by atoms with Crippen LogP contribution in [-0.2, 0) is 10.8 Å². The van der Waals surface area contributed by atoms with Gasteiger partial charge in [0.15, 0.2) is 0 Å².